The van der Waals surface area contributed by atoms with Gasteiger partial charge in [-0.15, -0.1) is 11.8 Å². The van der Waals surface area contributed by atoms with Gasteiger partial charge in [-0.05, 0) is 58.9 Å². The summed E-state index contributed by atoms with van der Waals surface area (Å²) >= 11 is 1.58. The van der Waals surface area contributed by atoms with Crippen LogP contribution in [-0.2, 0) is 4.79 Å². The van der Waals surface area contributed by atoms with Crippen molar-refractivity contribution in [1.29, 1.82) is 0 Å². The largest absolute Gasteiger partial charge is 0.492 e. The van der Waals surface area contributed by atoms with Crippen LogP contribution in [0.3, 0.4) is 0 Å². The van der Waals surface area contributed by atoms with Gasteiger partial charge in [-0.25, -0.2) is 0 Å². The number of carbonyl (C=O) groups excluding carboxylic acids is 1. The molecule has 0 fully saturated rings. The molecule has 1 aliphatic rings. The molecule has 1 atom stereocenters. The number of nitrogens with one attached hydrogen (secondary N) is 1. The van der Waals surface area contributed by atoms with Crippen molar-refractivity contribution < 1.29 is 9.53 Å². The average molecular weight is 441 g/mol. The van der Waals surface area contributed by atoms with Gasteiger partial charge in [-0.1, -0.05) is 6.07 Å². The van der Waals surface area contributed by atoms with Crippen molar-refractivity contribution in [3.8, 4) is 5.75 Å². The first-order valence-electron chi connectivity index (χ1n) is 10.7. The maximum Gasteiger partial charge on any atom is 0.252 e. The number of nitrogens with zero attached hydrogens (tertiary/aromatic N) is 3. The van der Waals surface area contributed by atoms with E-state index in [4.69, 9.17) is 9.73 Å². The molecule has 1 aromatic heterocycles. The predicted molar refractivity (Wildman–Crippen MR) is 129 cm³/mol. The molecule has 0 radical (unpaired) electrons. The lowest BCUT2D eigenvalue weighted by atomic mass is 10.1. The number of thioether (sulfide) groups is 1. The third-order valence-corrected chi connectivity index (χ3v) is 6.58. The number of hydrogen-bond donors (Lipinski definition) is 1. The highest BCUT2D eigenvalue weighted by molar-refractivity contribution is 8.14. The number of pyridine rings is 1. The number of carbonyl (C=O) groups is 1. The molecule has 1 N–H and O–H groups in total. The lowest BCUT2D eigenvalue weighted by Crippen LogP contribution is -2.39. The Morgan fingerprint density at radius 3 is 2.68 bits per heavy atom. The molecule has 2 aromatic rings. The molecule has 1 amide bonds. The maximum atomic E-state index is 13.0. The van der Waals surface area contributed by atoms with Gasteiger partial charge in [0, 0.05) is 54.1 Å². The molecule has 0 saturated carbocycles. The van der Waals surface area contributed by atoms with E-state index in [0.717, 1.165) is 22.9 Å². The molecule has 0 saturated heterocycles. The normalized spacial score (nSPS) is 18.5. The lowest BCUT2D eigenvalue weighted by molar-refractivity contribution is -0.119. The Bertz CT molecular complexity index is 909. The quantitative estimate of drug-likeness (QED) is 0.623. The van der Waals surface area contributed by atoms with E-state index in [2.05, 4.69) is 42.9 Å². The van der Waals surface area contributed by atoms with Gasteiger partial charge >= 0.3 is 0 Å². The molecule has 6 nitrogen and oxygen atoms in total. The van der Waals surface area contributed by atoms with Gasteiger partial charge in [0.1, 0.15) is 22.9 Å². The second-order valence-corrected chi connectivity index (χ2v) is 9.44. The van der Waals surface area contributed by atoms with Crippen LogP contribution in [0.15, 0.2) is 53.8 Å². The molecule has 0 aliphatic carbocycles. The van der Waals surface area contributed by atoms with Crippen molar-refractivity contribution in [2.24, 2.45) is 4.99 Å². The first-order valence-corrected chi connectivity index (χ1v) is 11.7. The summed E-state index contributed by atoms with van der Waals surface area (Å²) in [6.07, 6.45) is 3.50. The minimum atomic E-state index is -0.818. The SMILES string of the molecule is CC(C)N(CCOc1cccc(NC(=O)C2(C)CSC(c3cccnc3)=N2)c1)C(C)C. The molecule has 1 unspecified atom stereocenters. The van der Waals surface area contributed by atoms with Crippen LogP contribution in [0.4, 0.5) is 5.69 Å². The molecule has 0 bridgehead atoms. The number of anilines is 1. The van der Waals surface area contributed by atoms with E-state index in [1.807, 2.05) is 43.3 Å². The smallest absolute Gasteiger partial charge is 0.252 e. The fourth-order valence-corrected chi connectivity index (χ4v) is 4.73. The molecule has 3 rings (SSSR count). The number of amides is 1. The Morgan fingerprint density at radius 1 is 1.23 bits per heavy atom. The summed E-state index contributed by atoms with van der Waals surface area (Å²) in [7, 11) is 0. The summed E-state index contributed by atoms with van der Waals surface area (Å²) in [6, 6.07) is 12.3. The number of benzene rings is 1. The Balaban J connectivity index is 1.60. The van der Waals surface area contributed by atoms with Gasteiger partial charge in [0.25, 0.3) is 5.91 Å². The third-order valence-electron chi connectivity index (χ3n) is 5.27. The van der Waals surface area contributed by atoms with Crippen molar-refractivity contribution in [1.82, 2.24) is 9.88 Å². The maximum absolute atomic E-state index is 13.0. The zero-order valence-electron chi connectivity index (χ0n) is 19.0. The van der Waals surface area contributed by atoms with Gasteiger partial charge < -0.3 is 10.1 Å². The van der Waals surface area contributed by atoms with Crippen LogP contribution >= 0.6 is 11.8 Å². The highest BCUT2D eigenvalue weighted by atomic mass is 32.2. The summed E-state index contributed by atoms with van der Waals surface area (Å²) in [5.74, 6) is 1.22. The predicted octanol–water partition coefficient (Wildman–Crippen LogP) is 4.47. The second-order valence-electron chi connectivity index (χ2n) is 8.48. The van der Waals surface area contributed by atoms with E-state index >= 15 is 0 Å². The lowest BCUT2D eigenvalue weighted by Gasteiger charge is -2.30. The van der Waals surface area contributed by atoms with Crippen LogP contribution in [0, 0.1) is 0 Å². The number of aliphatic imine (C=N–C) groups is 1. The van der Waals surface area contributed by atoms with Crippen LogP contribution < -0.4 is 10.1 Å². The van der Waals surface area contributed by atoms with Gasteiger partial charge in [-0.3, -0.25) is 19.7 Å². The van der Waals surface area contributed by atoms with Gasteiger partial charge in [0.2, 0.25) is 0 Å². The van der Waals surface area contributed by atoms with Crippen molar-refractivity contribution in [3.05, 3.63) is 54.4 Å². The minimum Gasteiger partial charge on any atom is -0.492 e. The molecular formula is C24H32N4O2S. The first-order chi connectivity index (χ1) is 14.8. The van der Waals surface area contributed by atoms with Crippen LogP contribution in [0.1, 0.15) is 40.2 Å². The summed E-state index contributed by atoms with van der Waals surface area (Å²) in [6.45, 7) is 12.1. The molecule has 7 heteroatoms. The van der Waals surface area contributed by atoms with Crippen LogP contribution in [-0.4, -0.2) is 57.4 Å². The number of rotatable bonds is 9. The number of ether oxygens (including phenoxy) is 1. The van der Waals surface area contributed by atoms with Crippen molar-refractivity contribution >= 4 is 28.4 Å². The van der Waals surface area contributed by atoms with Crippen molar-refractivity contribution in [2.45, 2.75) is 52.2 Å². The van der Waals surface area contributed by atoms with Crippen LogP contribution in [0.25, 0.3) is 0 Å². The fraction of sp³-hybridized carbons (Fsp3) is 0.458. The summed E-state index contributed by atoms with van der Waals surface area (Å²) < 4.78 is 5.95. The van der Waals surface area contributed by atoms with Crippen molar-refractivity contribution in [3.63, 3.8) is 0 Å². The third kappa shape index (κ3) is 6.08. The molecule has 2 heterocycles. The Kier molecular flexibility index (Phi) is 7.73. The van der Waals surface area contributed by atoms with E-state index in [1.165, 1.54) is 0 Å². The highest BCUT2D eigenvalue weighted by Gasteiger charge is 2.38. The van der Waals surface area contributed by atoms with E-state index in [1.54, 1.807) is 24.2 Å². The van der Waals surface area contributed by atoms with Gasteiger partial charge in [-0.2, -0.15) is 0 Å². The first kappa shape index (κ1) is 23.3. The van der Waals surface area contributed by atoms with Gasteiger partial charge in [0.05, 0.1) is 0 Å². The zero-order valence-corrected chi connectivity index (χ0v) is 19.8. The molecule has 166 valence electrons. The van der Waals surface area contributed by atoms with E-state index in [0.29, 0.717) is 30.1 Å². The summed E-state index contributed by atoms with van der Waals surface area (Å²) in [5, 5.41) is 3.86. The fourth-order valence-electron chi connectivity index (χ4n) is 3.56. The number of aromatic nitrogens is 1. The van der Waals surface area contributed by atoms with Crippen LogP contribution in [0.5, 0.6) is 5.75 Å². The molecule has 1 aliphatic heterocycles. The standard InChI is InChI=1S/C24H32N4O2S/c1-17(2)28(18(3)4)12-13-30-21-10-6-9-20(14-21)26-23(29)24(5)16-31-22(27-24)19-8-7-11-25-15-19/h6-11,14-15,17-18H,12-13,16H2,1-5H3,(H,26,29). The van der Waals surface area contributed by atoms with E-state index in [9.17, 15) is 4.79 Å². The summed E-state index contributed by atoms with van der Waals surface area (Å²) in [5.41, 5.74) is 0.835. The minimum absolute atomic E-state index is 0.123. The Hall–Kier alpha value is -2.38. The van der Waals surface area contributed by atoms with Crippen LogP contribution in [0.2, 0.25) is 0 Å². The van der Waals surface area contributed by atoms with Gasteiger partial charge in [0.15, 0.2) is 0 Å². The monoisotopic (exact) mass is 440 g/mol. The molecular weight excluding hydrogens is 408 g/mol. The molecule has 1 aromatic carbocycles. The van der Waals surface area contributed by atoms with E-state index < -0.39 is 5.54 Å². The Labute approximate surface area is 189 Å². The van der Waals surface area contributed by atoms with E-state index in [-0.39, 0.29) is 5.91 Å². The Morgan fingerprint density at radius 2 is 2.00 bits per heavy atom. The van der Waals surface area contributed by atoms with Crippen molar-refractivity contribution in [2.75, 3.05) is 24.2 Å². The summed E-state index contributed by atoms with van der Waals surface area (Å²) in [4.78, 5) is 24.2. The zero-order chi connectivity index (χ0) is 22.4. The molecule has 0 spiro atoms. The highest BCUT2D eigenvalue weighted by Crippen LogP contribution is 2.32. The number of hydrogen-bond acceptors (Lipinski definition) is 6. The topological polar surface area (TPSA) is 66.8 Å². The second kappa shape index (κ2) is 10.3. The molecule has 31 heavy (non-hydrogen) atoms. The average Bonchev–Trinajstić information content (AvgIpc) is 3.15.